The highest BCUT2D eigenvalue weighted by molar-refractivity contribution is 7.99. The second-order valence-corrected chi connectivity index (χ2v) is 7.93. The van der Waals surface area contributed by atoms with Gasteiger partial charge in [0.2, 0.25) is 11.8 Å². The molecule has 2 aliphatic rings. The molecule has 1 aromatic carbocycles. The Kier molecular flexibility index (Phi) is 4.87. The molecule has 2 atom stereocenters. The molecule has 1 N–H and O–H groups in total. The van der Waals surface area contributed by atoms with Crippen LogP contribution in [-0.4, -0.2) is 34.6 Å². The van der Waals surface area contributed by atoms with E-state index in [0.717, 1.165) is 18.4 Å². The summed E-state index contributed by atoms with van der Waals surface area (Å²) in [7, 11) is 0. The van der Waals surface area contributed by atoms with E-state index < -0.39 is 6.04 Å². The first-order chi connectivity index (χ1) is 11.0. The van der Waals surface area contributed by atoms with Gasteiger partial charge in [-0.15, -0.1) is 11.8 Å². The van der Waals surface area contributed by atoms with E-state index >= 15 is 0 Å². The molecule has 3 rings (SSSR count). The fourth-order valence-corrected chi connectivity index (χ4v) is 4.49. The Bertz CT molecular complexity index is 618. The first kappa shape index (κ1) is 16.7. The smallest absolute Gasteiger partial charge is 0.243 e. The zero-order chi connectivity index (χ0) is 16.6. The number of carbonyl (C=O) groups excluding carboxylic acids is 2. The van der Waals surface area contributed by atoms with Gasteiger partial charge in [-0.05, 0) is 18.9 Å². The van der Waals surface area contributed by atoms with Crippen LogP contribution >= 0.6 is 23.4 Å². The van der Waals surface area contributed by atoms with E-state index in [-0.39, 0.29) is 23.1 Å². The predicted octanol–water partition coefficient (Wildman–Crippen LogP) is 3.22. The number of rotatable bonds is 4. The van der Waals surface area contributed by atoms with Crippen LogP contribution in [-0.2, 0) is 9.59 Å². The predicted molar refractivity (Wildman–Crippen MR) is 93.3 cm³/mol. The lowest BCUT2D eigenvalue weighted by atomic mass is 10.1. The molecule has 2 amide bonds. The van der Waals surface area contributed by atoms with Crippen molar-refractivity contribution >= 4 is 35.2 Å². The molecule has 1 aliphatic heterocycles. The van der Waals surface area contributed by atoms with Gasteiger partial charge in [0.25, 0.3) is 0 Å². The molecule has 0 aromatic heterocycles. The van der Waals surface area contributed by atoms with Gasteiger partial charge in [0, 0.05) is 28.3 Å². The molecule has 0 radical (unpaired) electrons. The van der Waals surface area contributed by atoms with Gasteiger partial charge in [0.05, 0.1) is 0 Å². The molecule has 1 saturated heterocycles. The highest BCUT2D eigenvalue weighted by atomic mass is 35.5. The van der Waals surface area contributed by atoms with E-state index in [1.807, 2.05) is 38.1 Å². The number of hydrogen-bond acceptors (Lipinski definition) is 3. The lowest BCUT2D eigenvalue weighted by Crippen LogP contribution is -2.49. The van der Waals surface area contributed by atoms with E-state index in [1.165, 1.54) is 0 Å². The van der Waals surface area contributed by atoms with Gasteiger partial charge in [-0.3, -0.25) is 9.59 Å². The quantitative estimate of drug-likeness (QED) is 0.905. The van der Waals surface area contributed by atoms with Gasteiger partial charge >= 0.3 is 0 Å². The Morgan fingerprint density at radius 3 is 2.61 bits per heavy atom. The topological polar surface area (TPSA) is 49.4 Å². The Labute approximate surface area is 145 Å². The van der Waals surface area contributed by atoms with Gasteiger partial charge in [0.1, 0.15) is 11.4 Å². The molecule has 1 saturated carbocycles. The maximum Gasteiger partial charge on any atom is 0.243 e. The summed E-state index contributed by atoms with van der Waals surface area (Å²) in [5.74, 6) is 0.404. The molecule has 124 valence electrons. The molecule has 0 spiro atoms. The van der Waals surface area contributed by atoms with Crippen LogP contribution < -0.4 is 5.32 Å². The molecular weight excluding hydrogens is 332 g/mol. The summed E-state index contributed by atoms with van der Waals surface area (Å²) in [6.07, 6.45) is 2.08. The van der Waals surface area contributed by atoms with E-state index in [9.17, 15) is 9.59 Å². The van der Waals surface area contributed by atoms with E-state index in [1.54, 1.807) is 16.7 Å². The lowest BCUT2D eigenvalue weighted by molar-refractivity contribution is -0.142. The van der Waals surface area contributed by atoms with Gasteiger partial charge < -0.3 is 10.2 Å². The number of nitrogens with zero attached hydrogens (tertiary/aromatic N) is 1. The Morgan fingerprint density at radius 2 is 2.00 bits per heavy atom. The van der Waals surface area contributed by atoms with Crippen molar-refractivity contribution in [1.29, 1.82) is 0 Å². The summed E-state index contributed by atoms with van der Waals surface area (Å²) in [6.45, 7) is 3.73. The highest BCUT2D eigenvalue weighted by Gasteiger charge is 2.44. The van der Waals surface area contributed by atoms with Gasteiger partial charge in [0.15, 0.2) is 0 Å². The molecule has 4 nitrogen and oxygen atoms in total. The largest absolute Gasteiger partial charge is 0.352 e. The molecule has 1 aliphatic carbocycles. The lowest BCUT2D eigenvalue weighted by Gasteiger charge is -2.31. The van der Waals surface area contributed by atoms with E-state index in [0.29, 0.717) is 16.8 Å². The summed E-state index contributed by atoms with van der Waals surface area (Å²) < 4.78 is 0. The molecule has 1 aromatic rings. The van der Waals surface area contributed by atoms with Crippen LogP contribution in [0.1, 0.15) is 37.6 Å². The molecule has 23 heavy (non-hydrogen) atoms. The summed E-state index contributed by atoms with van der Waals surface area (Å²) in [4.78, 5) is 27.0. The average molecular weight is 353 g/mol. The maximum atomic E-state index is 12.7. The number of amides is 2. The number of nitrogens with one attached hydrogen (secondary N) is 1. The average Bonchev–Trinajstić information content (AvgIpc) is 3.22. The van der Waals surface area contributed by atoms with Crippen LogP contribution in [0.15, 0.2) is 24.3 Å². The van der Waals surface area contributed by atoms with Crippen LogP contribution in [0.25, 0.3) is 0 Å². The van der Waals surface area contributed by atoms with E-state index in [2.05, 4.69) is 5.32 Å². The van der Waals surface area contributed by atoms with Crippen molar-refractivity contribution in [1.82, 2.24) is 10.2 Å². The van der Waals surface area contributed by atoms with Crippen molar-refractivity contribution in [3.8, 4) is 0 Å². The maximum absolute atomic E-state index is 12.7. The van der Waals surface area contributed by atoms with Gasteiger partial charge in [-0.2, -0.15) is 0 Å². The third kappa shape index (κ3) is 3.50. The van der Waals surface area contributed by atoms with Crippen molar-refractivity contribution in [3.05, 3.63) is 34.9 Å². The van der Waals surface area contributed by atoms with Crippen molar-refractivity contribution in [2.45, 2.75) is 44.1 Å². The number of thioether (sulfide) groups is 1. The summed E-state index contributed by atoms with van der Waals surface area (Å²) in [5, 5.41) is 3.46. The summed E-state index contributed by atoms with van der Waals surface area (Å²) in [5.41, 5.74) is 0.898. The number of halogens is 1. The minimum atomic E-state index is -0.420. The number of benzene rings is 1. The zero-order valence-electron chi connectivity index (χ0n) is 13.3. The monoisotopic (exact) mass is 352 g/mol. The third-order valence-corrected chi connectivity index (χ3v) is 5.80. The Morgan fingerprint density at radius 1 is 1.30 bits per heavy atom. The Balaban J connectivity index is 1.88. The minimum absolute atomic E-state index is 0.00383. The van der Waals surface area contributed by atoms with Crippen molar-refractivity contribution < 1.29 is 9.59 Å². The number of hydrogen-bond donors (Lipinski definition) is 1. The molecule has 0 bridgehead atoms. The van der Waals surface area contributed by atoms with E-state index in [4.69, 9.17) is 11.6 Å². The Hall–Kier alpha value is -1.20. The van der Waals surface area contributed by atoms with Gasteiger partial charge in [-0.1, -0.05) is 43.6 Å². The summed E-state index contributed by atoms with van der Waals surface area (Å²) in [6, 6.07) is 7.42. The zero-order valence-corrected chi connectivity index (χ0v) is 14.9. The van der Waals surface area contributed by atoms with Crippen molar-refractivity contribution in [2.24, 2.45) is 5.92 Å². The standard InChI is InChI=1S/C17H21ClN2O2S/c1-10(2)16(22)20-14(15(21)19-11-7-8-11)9-23-17(20)12-5-3-4-6-13(12)18/h3-6,10-11,14,17H,7-9H2,1-2H3,(H,19,21)/t14-,17+/m1/s1. The molecule has 0 unspecified atom stereocenters. The van der Waals surface area contributed by atoms with Crippen LogP contribution in [0.5, 0.6) is 0 Å². The molecule has 6 heteroatoms. The normalized spacial score (nSPS) is 24.1. The molecule has 1 heterocycles. The fourth-order valence-electron chi connectivity index (χ4n) is 2.72. The van der Waals surface area contributed by atoms with Crippen LogP contribution in [0.4, 0.5) is 0 Å². The molecular formula is C17H21ClN2O2S. The first-order valence-corrected chi connectivity index (χ1v) is 9.40. The van der Waals surface area contributed by atoms with Crippen LogP contribution in [0, 0.1) is 5.92 Å². The first-order valence-electron chi connectivity index (χ1n) is 7.97. The van der Waals surface area contributed by atoms with Crippen LogP contribution in [0.2, 0.25) is 5.02 Å². The SMILES string of the molecule is CC(C)C(=O)N1[C@@H](C(=O)NC2CC2)CS[C@H]1c1ccccc1Cl. The minimum Gasteiger partial charge on any atom is -0.352 e. The molecule has 2 fully saturated rings. The van der Waals surface area contributed by atoms with Crippen molar-refractivity contribution in [2.75, 3.05) is 5.75 Å². The second kappa shape index (κ2) is 6.73. The third-order valence-electron chi connectivity index (χ3n) is 4.15. The fraction of sp³-hybridized carbons (Fsp3) is 0.529. The van der Waals surface area contributed by atoms with Gasteiger partial charge in [-0.25, -0.2) is 0 Å². The highest BCUT2D eigenvalue weighted by Crippen LogP contribution is 2.44. The van der Waals surface area contributed by atoms with Crippen LogP contribution in [0.3, 0.4) is 0 Å². The second-order valence-electron chi connectivity index (χ2n) is 6.41. The summed E-state index contributed by atoms with van der Waals surface area (Å²) >= 11 is 7.93. The number of carbonyl (C=O) groups is 2. The van der Waals surface area contributed by atoms with Crippen molar-refractivity contribution in [3.63, 3.8) is 0 Å².